The topological polar surface area (TPSA) is 73.3 Å². The van der Waals surface area contributed by atoms with E-state index in [1.807, 2.05) is 0 Å². The van der Waals surface area contributed by atoms with Crippen molar-refractivity contribution in [3.63, 3.8) is 0 Å². The third-order valence-electron chi connectivity index (χ3n) is 3.82. The number of nitrogens with zero attached hydrogens (tertiary/aromatic N) is 2. The Bertz CT molecular complexity index is 554. The SMILES string of the molecule is O=C(OC12CCC(CC(Oc3cnccn3)C1)N2)C(F)(F)F. The second-order valence-electron chi connectivity index (χ2n) is 5.48. The second-order valence-corrected chi connectivity index (χ2v) is 5.48. The zero-order valence-electron chi connectivity index (χ0n) is 11.5. The van der Waals surface area contributed by atoms with Gasteiger partial charge in [0.05, 0.1) is 6.20 Å². The molecule has 3 unspecified atom stereocenters. The van der Waals surface area contributed by atoms with Crippen LogP contribution < -0.4 is 10.1 Å². The summed E-state index contributed by atoms with van der Waals surface area (Å²) in [5.41, 5.74) is -1.32. The molecule has 1 aromatic heterocycles. The monoisotopic (exact) mass is 317 g/mol. The molecular weight excluding hydrogens is 303 g/mol. The van der Waals surface area contributed by atoms with Crippen molar-refractivity contribution in [1.29, 1.82) is 0 Å². The molecule has 0 aliphatic carbocycles. The average molecular weight is 317 g/mol. The van der Waals surface area contributed by atoms with Crippen LogP contribution in [0, 0.1) is 0 Å². The van der Waals surface area contributed by atoms with Crippen LogP contribution in [0.5, 0.6) is 5.88 Å². The van der Waals surface area contributed by atoms with E-state index in [2.05, 4.69) is 15.3 Å². The molecule has 6 nitrogen and oxygen atoms in total. The first kappa shape index (κ1) is 15.0. The molecule has 1 N–H and O–H groups in total. The number of aromatic nitrogens is 2. The number of ether oxygens (including phenoxy) is 2. The lowest BCUT2D eigenvalue weighted by Crippen LogP contribution is -2.56. The fourth-order valence-electron chi connectivity index (χ4n) is 2.99. The Morgan fingerprint density at radius 2 is 2.23 bits per heavy atom. The van der Waals surface area contributed by atoms with E-state index < -0.39 is 17.9 Å². The van der Waals surface area contributed by atoms with Gasteiger partial charge >= 0.3 is 12.1 Å². The van der Waals surface area contributed by atoms with Crippen molar-refractivity contribution >= 4 is 5.97 Å². The molecule has 0 aromatic carbocycles. The summed E-state index contributed by atoms with van der Waals surface area (Å²) in [6.07, 6.45) is 0.711. The second kappa shape index (κ2) is 5.38. The summed E-state index contributed by atoms with van der Waals surface area (Å²) in [5.74, 6) is -1.88. The van der Waals surface area contributed by atoms with Crippen LogP contribution in [0.4, 0.5) is 13.2 Å². The zero-order valence-corrected chi connectivity index (χ0v) is 11.5. The Balaban J connectivity index is 1.69. The van der Waals surface area contributed by atoms with Crippen molar-refractivity contribution in [2.75, 3.05) is 0 Å². The van der Waals surface area contributed by atoms with E-state index in [0.29, 0.717) is 25.1 Å². The molecule has 2 aliphatic rings. The molecule has 3 heterocycles. The Morgan fingerprint density at radius 3 is 2.91 bits per heavy atom. The van der Waals surface area contributed by atoms with E-state index in [4.69, 9.17) is 9.47 Å². The molecule has 1 aromatic rings. The van der Waals surface area contributed by atoms with E-state index in [-0.39, 0.29) is 18.6 Å². The van der Waals surface area contributed by atoms with Gasteiger partial charge in [0, 0.05) is 37.7 Å². The summed E-state index contributed by atoms with van der Waals surface area (Å²) in [6.45, 7) is 0. The largest absolute Gasteiger partial charge is 0.490 e. The maximum absolute atomic E-state index is 12.4. The maximum Gasteiger partial charge on any atom is 0.490 e. The Kier molecular flexibility index (Phi) is 3.67. The quantitative estimate of drug-likeness (QED) is 0.853. The van der Waals surface area contributed by atoms with Crippen molar-refractivity contribution < 1.29 is 27.4 Å². The number of fused-ring (bicyclic) bond motifs is 2. The molecule has 22 heavy (non-hydrogen) atoms. The number of hydrogen-bond acceptors (Lipinski definition) is 6. The maximum atomic E-state index is 12.4. The highest BCUT2D eigenvalue weighted by molar-refractivity contribution is 5.76. The molecule has 0 saturated carbocycles. The number of rotatable bonds is 3. The van der Waals surface area contributed by atoms with Gasteiger partial charge in [0.1, 0.15) is 6.10 Å². The molecule has 2 aliphatic heterocycles. The van der Waals surface area contributed by atoms with Crippen LogP contribution in [0.15, 0.2) is 18.6 Å². The van der Waals surface area contributed by atoms with Crippen molar-refractivity contribution in [3.05, 3.63) is 18.6 Å². The highest BCUT2D eigenvalue weighted by atomic mass is 19.4. The van der Waals surface area contributed by atoms with E-state index in [1.165, 1.54) is 18.6 Å². The van der Waals surface area contributed by atoms with Crippen LogP contribution in [0.1, 0.15) is 25.7 Å². The first-order valence-electron chi connectivity index (χ1n) is 6.87. The van der Waals surface area contributed by atoms with Crippen molar-refractivity contribution in [2.45, 2.75) is 49.7 Å². The molecule has 0 radical (unpaired) electrons. The number of alkyl halides is 3. The summed E-state index contributed by atoms with van der Waals surface area (Å²) in [6, 6.07) is -0.0449. The summed E-state index contributed by atoms with van der Waals surface area (Å²) in [4.78, 5) is 19.0. The van der Waals surface area contributed by atoms with Crippen molar-refractivity contribution in [1.82, 2.24) is 15.3 Å². The van der Waals surface area contributed by atoms with Gasteiger partial charge in [-0.3, -0.25) is 10.3 Å². The van der Waals surface area contributed by atoms with Gasteiger partial charge in [-0.25, -0.2) is 9.78 Å². The van der Waals surface area contributed by atoms with Gasteiger partial charge in [0.25, 0.3) is 0 Å². The molecule has 2 fully saturated rings. The number of halogens is 3. The van der Waals surface area contributed by atoms with E-state index in [0.717, 1.165) is 0 Å². The highest BCUT2D eigenvalue weighted by Crippen LogP contribution is 2.39. The summed E-state index contributed by atoms with van der Waals surface area (Å²) in [5, 5.41) is 2.96. The van der Waals surface area contributed by atoms with E-state index >= 15 is 0 Å². The Morgan fingerprint density at radius 1 is 1.41 bits per heavy atom. The molecule has 3 rings (SSSR count). The average Bonchev–Trinajstić information content (AvgIpc) is 2.74. The predicted molar refractivity (Wildman–Crippen MR) is 66.7 cm³/mol. The van der Waals surface area contributed by atoms with E-state index in [1.54, 1.807) is 0 Å². The first-order chi connectivity index (χ1) is 10.4. The van der Waals surface area contributed by atoms with Crippen LogP contribution in [-0.2, 0) is 9.53 Å². The van der Waals surface area contributed by atoms with E-state index in [9.17, 15) is 18.0 Å². The van der Waals surface area contributed by atoms with Gasteiger partial charge in [-0.15, -0.1) is 0 Å². The minimum atomic E-state index is -5.01. The molecule has 0 amide bonds. The van der Waals surface area contributed by atoms with Crippen molar-refractivity contribution in [2.24, 2.45) is 0 Å². The normalized spacial score (nSPS) is 30.9. The van der Waals surface area contributed by atoms with Crippen LogP contribution in [0.25, 0.3) is 0 Å². The fraction of sp³-hybridized carbons (Fsp3) is 0.615. The minimum Gasteiger partial charge on any atom is -0.473 e. The first-order valence-corrected chi connectivity index (χ1v) is 6.87. The number of nitrogens with one attached hydrogen (secondary N) is 1. The smallest absolute Gasteiger partial charge is 0.473 e. The Hall–Kier alpha value is -1.90. The summed E-state index contributed by atoms with van der Waals surface area (Å²) < 4.78 is 47.6. The number of hydrogen-bond donors (Lipinski definition) is 1. The van der Waals surface area contributed by atoms with Crippen LogP contribution >= 0.6 is 0 Å². The lowest BCUT2D eigenvalue weighted by molar-refractivity contribution is -0.219. The van der Waals surface area contributed by atoms with Gasteiger partial charge in [0.2, 0.25) is 5.88 Å². The number of carbonyl (C=O) groups excluding carboxylic acids is 1. The number of carbonyl (C=O) groups is 1. The third kappa shape index (κ3) is 3.13. The highest BCUT2D eigenvalue weighted by Gasteiger charge is 2.53. The van der Waals surface area contributed by atoms with Gasteiger partial charge in [-0.05, 0) is 6.42 Å². The number of esters is 1. The van der Waals surface area contributed by atoms with Gasteiger partial charge in [-0.2, -0.15) is 13.2 Å². The molecule has 0 spiro atoms. The molecule has 9 heteroatoms. The summed E-state index contributed by atoms with van der Waals surface area (Å²) >= 11 is 0. The third-order valence-corrected chi connectivity index (χ3v) is 3.82. The van der Waals surface area contributed by atoms with Gasteiger partial charge in [-0.1, -0.05) is 0 Å². The van der Waals surface area contributed by atoms with Crippen LogP contribution in [-0.4, -0.2) is 40.0 Å². The summed E-state index contributed by atoms with van der Waals surface area (Å²) in [7, 11) is 0. The molecule has 2 bridgehead atoms. The number of piperidine rings is 1. The lowest BCUT2D eigenvalue weighted by Gasteiger charge is -2.38. The molecule has 3 atom stereocenters. The fourth-order valence-corrected chi connectivity index (χ4v) is 2.99. The molecule has 120 valence electrons. The van der Waals surface area contributed by atoms with Crippen LogP contribution in [0.3, 0.4) is 0 Å². The molecule has 2 saturated heterocycles. The predicted octanol–water partition coefficient (Wildman–Crippen LogP) is 1.57. The van der Waals surface area contributed by atoms with Crippen molar-refractivity contribution in [3.8, 4) is 5.88 Å². The lowest BCUT2D eigenvalue weighted by atomic mass is 9.99. The molecular formula is C13H14F3N3O3. The van der Waals surface area contributed by atoms with Gasteiger partial charge < -0.3 is 9.47 Å². The van der Waals surface area contributed by atoms with Gasteiger partial charge in [0.15, 0.2) is 5.72 Å². The zero-order chi connectivity index (χ0) is 15.8. The minimum absolute atomic E-state index is 0.0449. The van der Waals surface area contributed by atoms with Crippen LogP contribution in [0.2, 0.25) is 0 Å². The Labute approximate surface area is 124 Å². The standard InChI is InChI=1S/C13H14F3N3O3/c14-13(15,16)11(20)22-12-2-1-8(19-12)5-9(6-12)21-10-7-17-3-4-18-10/h3-4,7-9,19H,1-2,5-6H2.